The van der Waals surface area contributed by atoms with Crippen LogP contribution >= 0.6 is 0 Å². The van der Waals surface area contributed by atoms with E-state index < -0.39 is 29.6 Å². The van der Waals surface area contributed by atoms with Gasteiger partial charge >= 0.3 is 6.03 Å². The van der Waals surface area contributed by atoms with E-state index in [9.17, 15) is 24.0 Å². The minimum atomic E-state index is -0.920. The van der Waals surface area contributed by atoms with Crippen molar-refractivity contribution in [2.24, 2.45) is 28.9 Å². The van der Waals surface area contributed by atoms with E-state index in [-0.39, 0.29) is 42.4 Å². The van der Waals surface area contributed by atoms with Crippen LogP contribution in [0.4, 0.5) is 4.79 Å². The van der Waals surface area contributed by atoms with Crippen molar-refractivity contribution in [3.8, 4) is 0 Å². The summed E-state index contributed by atoms with van der Waals surface area (Å²) in [6, 6.07) is -2.84. The second-order valence-corrected chi connectivity index (χ2v) is 13.4. The Hall–Kier alpha value is -3.22. The summed E-state index contributed by atoms with van der Waals surface area (Å²) < 4.78 is 5.25. The summed E-state index contributed by atoms with van der Waals surface area (Å²) in [6.45, 7) is 25.5. The molecular formula is C36H70N6O7. The third-order valence-electron chi connectivity index (χ3n) is 8.55. The summed E-state index contributed by atoms with van der Waals surface area (Å²) in [5, 5.41) is 8.26. The molecule has 0 aromatic rings. The second-order valence-electron chi connectivity index (χ2n) is 13.4. The molecule has 1 aliphatic carbocycles. The normalized spacial score (nSPS) is 22.1. The Kier molecular flexibility index (Phi) is 25.1. The highest BCUT2D eigenvalue weighted by Gasteiger charge is 2.45. The van der Waals surface area contributed by atoms with Crippen LogP contribution in [0.3, 0.4) is 0 Å². The fraction of sp³-hybridized carbons (Fsp3) is 0.833. The molecule has 2 aliphatic heterocycles. The summed E-state index contributed by atoms with van der Waals surface area (Å²) in [7, 11) is 0. The van der Waals surface area contributed by atoms with Crippen LogP contribution in [0.25, 0.3) is 0 Å². The molecule has 3 fully saturated rings. The molecule has 13 nitrogen and oxygen atoms in total. The maximum atomic E-state index is 13.8. The number of amides is 6. The van der Waals surface area contributed by atoms with Crippen molar-refractivity contribution in [2.75, 3.05) is 39.4 Å². The number of rotatable bonds is 9. The van der Waals surface area contributed by atoms with Crippen molar-refractivity contribution in [2.45, 2.75) is 133 Å². The number of hydrogen-bond acceptors (Lipinski definition) is 7. The highest BCUT2D eigenvalue weighted by molar-refractivity contribution is 5.95. The lowest BCUT2D eigenvalue weighted by Gasteiger charge is -2.38. The Bertz CT molecular complexity index is 997. The molecule has 13 heteroatoms. The van der Waals surface area contributed by atoms with Gasteiger partial charge in [0, 0.05) is 19.6 Å². The van der Waals surface area contributed by atoms with Crippen LogP contribution in [0.5, 0.6) is 0 Å². The fourth-order valence-electron chi connectivity index (χ4n) is 5.64. The third-order valence-corrected chi connectivity index (χ3v) is 8.55. The van der Waals surface area contributed by atoms with Gasteiger partial charge in [-0.15, -0.1) is 0 Å². The molecule has 1 saturated carbocycles. The first-order chi connectivity index (χ1) is 23.1. The van der Waals surface area contributed by atoms with Crippen molar-refractivity contribution in [1.29, 1.82) is 0 Å². The Balaban J connectivity index is 0. The van der Waals surface area contributed by atoms with Gasteiger partial charge in [-0.25, -0.2) is 4.79 Å². The zero-order valence-corrected chi connectivity index (χ0v) is 32.6. The lowest BCUT2D eigenvalue weighted by Crippen LogP contribution is -2.60. The van der Waals surface area contributed by atoms with Gasteiger partial charge in [0.25, 0.3) is 0 Å². The lowest BCUT2D eigenvalue weighted by atomic mass is 9.71. The molecule has 3 aliphatic rings. The van der Waals surface area contributed by atoms with E-state index in [4.69, 9.17) is 9.53 Å². The van der Waals surface area contributed by atoms with Gasteiger partial charge in [0.05, 0.1) is 25.8 Å². The number of urea groups is 1. The molecule has 49 heavy (non-hydrogen) atoms. The largest absolute Gasteiger partial charge is 0.378 e. The Labute approximate surface area is 296 Å². The Morgan fingerprint density at radius 1 is 0.898 bits per heavy atom. The van der Waals surface area contributed by atoms with Crippen LogP contribution in [-0.2, 0) is 28.7 Å². The molecule has 3 rings (SSSR count). The minimum absolute atomic E-state index is 0.0801. The van der Waals surface area contributed by atoms with Crippen molar-refractivity contribution in [3.63, 3.8) is 0 Å². The molecule has 0 aromatic carbocycles. The van der Waals surface area contributed by atoms with Gasteiger partial charge in [0.15, 0.2) is 5.78 Å². The average Bonchev–Trinajstić information content (AvgIpc) is 3.46. The predicted molar refractivity (Wildman–Crippen MR) is 194 cm³/mol. The van der Waals surface area contributed by atoms with Gasteiger partial charge in [0.1, 0.15) is 12.1 Å². The molecule has 0 radical (unpaired) electrons. The second kappa shape index (κ2) is 25.7. The monoisotopic (exact) mass is 699 g/mol. The lowest BCUT2D eigenvalue weighted by molar-refractivity contribution is -0.143. The van der Waals surface area contributed by atoms with E-state index in [0.717, 1.165) is 12.8 Å². The van der Waals surface area contributed by atoms with Crippen molar-refractivity contribution < 1.29 is 33.5 Å². The maximum Gasteiger partial charge on any atom is 0.315 e. The van der Waals surface area contributed by atoms with Crippen molar-refractivity contribution in [1.82, 2.24) is 25.8 Å². The van der Waals surface area contributed by atoms with Gasteiger partial charge in [-0.3, -0.25) is 24.0 Å². The van der Waals surface area contributed by atoms with E-state index in [1.165, 1.54) is 18.2 Å². The van der Waals surface area contributed by atoms with Crippen LogP contribution in [0.1, 0.15) is 115 Å². The first-order valence-electron chi connectivity index (χ1n) is 18.3. The number of Topliss-reactive ketones (excluding diaryl/α,β-unsaturated/α-hetero) is 1. The maximum absolute atomic E-state index is 13.8. The minimum Gasteiger partial charge on any atom is -0.378 e. The molecule has 5 unspecified atom stereocenters. The topological polar surface area (TPSA) is 180 Å². The molecule has 0 spiro atoms. The number of hydrogen-bond donors (Lipinski definition) is 4. The van der Waals surface area contributed by atoms with Crippen molar-refractivity contribution in [3.05, 3.63) is 0 Å². The van der Waals surface area contributed by atoms with Crippen LogP contribution in [-0.4, -0.2) is 103 Å². The number of nitrogens with zero attached hydrogens (tertiary/aromatic N) is 2. The number of ketones is 1. The Morgan fingerprint density at radius 2 is 1.43 bits per heavy atom. The summed E-state index contributed by atoms with van der Waals surface area (Å²) in [6.07, 6.45) is 4.96. The number of morpholine rings is 1. The highest BCUT2D eigenvalue weighted by Crippen LogP contribution is 2.37. The zero-order chi connectivity index (χ0) is 38.3. The number of ether oxygens (including phenoxy) is 1. The van der Waals surface area contributed by atoms with Crippen molar-refractivity contribution >= 4 is 35.9 Å². The number of likely N-dealkylation sites (tertiary alicyclic amines) is 1. The van der Waals surface area contributed by atoms with Gasteiger partial charge < -0.3 is 36.2 Å². The van der Waals surface area contributed by atoms with Crippen LogP contribution in [0, 0.1) is 23.2 Å². The molecule has 5 N–H and O–H groups in total. The summed E-state index contributed by atoms with van der Waals surface area (Å²) in [5.74, 6) is -0.105. The van der Waals surface area contributed by atoms with E-state index in [0.29, 0.717) is 57.5 Å². The summed E-state index contributed by atoms with van der Waals surface area (Å²) >= 11 is 0. The first-order valence-corrected chi connectivity index (χ1v) is 18.3. The molecule has 2 heterocycles. The number of nitrogens with one attached hydrogen (secondary N) is 3. The average molecular weight is 699 g/mol. The van der Waals surface area contributed by atoms with E-state index in [1.54, 1.807) is 4.90 Å². The van der Waals surface area contributed by atoms with E-state index in [2.05, 4.69) is 42.5 Å². The van der Waals surface area contributed by atoms with Gasteiger partial charge in [-0.1, -0.05) is 89.0 Å². The highest BCUT2D eigenvalue weighted by atomic mass is 16.5. The SMILES string of the molecule is CC.CC.CC(=O)C(CC1CCC1C)NC(=O)C1[C@@H](C)CCN1C(=O)C(NC(=O)NCC(=O)N1CCOCC1)C(C)(C)C.CCC.NC=O. The van der Waals surface area contributed by atoms with Gasteiger partial charge in [0.2, 0.25) is 24.1 Å². The van der Waals surface area contributed by atoms with E-state index >= 15 is 0 Å². The summed E-state index contributed by atoms with van der Waals surface area (Å²) in [5.41, 5.74) is 3.51. The first kappa shape index (κ1) is 47.9. The van der Waals surface area contributed by atoms with Crippen LogP contribution in [0.2, 0.25) is 0 Å². The number of primary amides is 1. The molecule has 0 aromatic heterocycles. The zero-order valence-electron chi connectivity index (χ0n) is 32.6. The molecule has 2 saturated heterocycles. The van der Waals surface area contributed by atoms with E-state index in [1.807, 2.05) is 55.4 Å². The number of nitrogens with two attached hydrogens (primary N) is 1. The summed E-state index contributed by atoms with van der Waals surface area (Å²) in [4.78, 5) is 76.6. The molecular weight excluding hydrogens is 628 g/mol. The Morgan fingerprint density at radius 3 is 1.86 bits per heavy atom. The predicted octanol–water partition coefficient (Wildman–Crippen LogP) is 3.88. The van der Waals surface area contributed by atoms with Gasteiger partial charge in [-0.2, -0.15) is 0 Å². The molecule has 6 atom stereocenters. The fourth-order valence-corrected chi connectivity index (χ4v) is 5.64. The third kappa shape index (κ3) is 16.8. The molecule has 0 bridgehead atoms. The number of carbonyl (C=O) groups is 6. The number of carbonyl (C=O) groups excluding carboxylic acids is 6. The van der Waals surface area contributed by atoms with Gasteiger partial charge in [-0.05, 0) is 49.4 Å². The molecule has 6 amide bonds. The molecule has 286 valence electrons. The van der Waals surface area contributed by atoms with Crippen LogP contribution in [0.15, 0.2) is 0 Å². The van der Waals surface area contributed by atoms with Crippen LogP contribution < -0.4 is 21.7 Å². The quantitative estimate of drug-likeness (QED) is 0.264. The smallest absolute Gasteiger partial charge is 0.315 e. The standard InChI is InChI=1S/C28H47N5O6.C3H8.2C2H6.CH3NO/c1-17-7-8-20(17)15-21(19(3)34)30-25(36)23-18(2)9-10-33(23)26(37)24(28(4,5)6)31-27(38)29-16-22(35)32-11-13-39-14-12-32;1-3-2;2*1-2;2-1-3/h17-18,20-21,23-24H,7-16H2,1-6H3,(H,30,36)(H2,29,31,38);3H2,1-2H3;2*1-2H3;1H,(H2,2,3)/t17?,18-,20?,21?,23?,24?;;;;/m0..../s1.